The molecular weight excluding hydrogens is 367 g/mol. The third-order valence-corrected chi connectivity index (χ3v) is 3.88. The van der Waals surface area contributed by atoms with Crippen molar-refractivity contribution >= 4 is 23.2 Å². The molecule has 0 bridgehead atoms. The molecule has 0 spiro atoms. The van der Waals surface area contributed by atoms with Gasteiger partial charge < -0.3 is 15.0 Å². The van der Waals surface area contributed by atoms with E-state index in [2.05, 4.69) is 5.32 Å². The SMILES string of the molecule is C[C@H]1Oc2ccccc2N(CC(=O)Nc2cc(C(F)(F)F)c[nH]c2=O)C1=O. The summed E-state index contributed by atoms with van der Waals surface area (Å²) in [5.41, 5.74) is -2.21. The predicted molar refractivity (Wildman–Crippen MR) is 89.6 cm³/mol. The Labute approximate surface area is 150 Å². The van der Waals surface area contributed by atoms with Gasteiger partial charge in [-0.15, -0.1) is 0 Å². The van der Waals surface area contributed by atoms with Crippen LogP contribution in [0.3, 0.4) is 0 Å². The normalized spacial score (nSPS) is 16.5. The van der Waals surface area contributed by atoms with Gasteiger partial charge in [0.05, 0.1) is 11.3 Å². The van der Waals surface area contributed by atoms with Crippen molar-refractivity contribution in [2.24, 2.45) is 0 Å². The maximum atomic E-state index is 12.8. The molecule has 1 aliphatic rings. The predicted octanol–water partition coefficient (Wildman–Crippen LogP) is 2.15. The number of hydrogen-bond donors (Lipinski definition) is 2. The van der Waals surface area contributed by atoms with Gasteiger partial charge in [0.1, 0.15) is 18.0 Å². The van der Waals surface area contributed by atoms with E-state index in [-0.39, 0.29) is 0 Å². The molecule has 1 aliphatic heterocycles. The first kappa shape index (κ1) is 18.5. The number of anilines is 2. The number of carbonyl (C=O) groups excluding carboxylic acids is 2. The Balaban J connectivity index is 1.83. The minimum absolute atomic E-state index is 0.355. The van der Waals surface area contributed by atoms with E-state index >= 15 is 0 Å². The van der Waals surface area contributed by atoms with Crippen LogP contribution in [0.4, 0.5) is 24.5 Å². The number of fused-ring (bicyclic) bond motifs is 1. The highest BCUT2D eigenvalue weighted by atomic mass is 19.4. The van der Waals surface area contributed by atoms with Crippen LogP contribution in [0.2, 0.25) is 0 Å². The fourth-order valence-electron chi connectivity index (χ4n) is 2.60. The zero-order valence-electron chi connectivity index (χ0n) is 14.0. The van der Waals surface area contributed by atoms with Gasteiger partial charge in [-0.3, -0.25) is 19.3 Å². The Morgan fingerprint density at radius 3 is 2.70 bits per heavy atom. The molecule has 0 aliphatic carbocycles. The van der Waals surface area contributed by atoms with Crippen LogP contribution in [0.25, 0.3) is 0 Å². The van der Waals surface area contributed by atoms with Crippen molar-refractivity contribution in [2.75, 3.05) is 16.8 Å². The number of H-pyrrole nitrogens is 1. The van der Waals surface area contributed by atoms with Crippen molar-refractivity contribution in [2.45, 2.75) is 19.2 Å². The van der Waals surface area contributed by atoms with Crippen molar-refractivity contribution in [3.63, 3.8) is 0 Å². The summed E-state index contributed by atoms with van der Waals surface area (Å²) in [6, 6.07) is 7.08. The molecule has 2 heterocycles. The van der Waals surface area contributed by atoms with Gasteiger partial charge in [-0.1, -0.05) is 12.1 Å². The summed E-state index contributed by atoms with van der Waals surface area (Å²) >= 11 is 0. The largest absolute Gasteiger partial charge is 0.479 e. The number of hydrogen-bond acceptors (Lipinski definition) is 4. The number of ether oxygens (including phenoxy) is 1. The second-order valence-electron chi connectivity index (χ2n) is 5.83. The van der Waals surface area contributed by atoms with Gasteiger partial charge in [-0.25, -0.2) is 0 Å². The maximum absolute atomic E-state index is 12.8. The van der Waals surface area contributed by atoms with E-state index in [0.29, 0.717) is 23.7 Å². The van der Waals surface area contributed by atoms with E-state index in [1.807, 2.05) is 4.98 Å². The van der Waals surface area contributed by atoms with Crippen LogP contribution in [0.15, 0.2) is 41.3 Å². The second kappa shape index (κ2) is 6.78. The third kappa shape index (κ3) is 3.78. The third-order valence-electron chi connectivity index (χ3n) is 3.88. The van der Waals surface area contributed by atoms with Crippen molar-refractivity contribution in [1.29, 1.82) is 0 Å². The summed E-state index contributed by atoms with van der Waals surface area (Å²) in [5, 5.41) is 2.12. The van der Waals surface area contributed by atoms with Crippen molar-refractivity contribution in [3.8, 4) is 5.75 Å². The molecule has 2 amide bonds. The fourth-order valence-corrected chi connectivity index (χ4v) is 2.60. The number of benzene rings is 1. The monoisotopic (exact) mass is 381 g/mol. The lowest BCUT2D eigenvalue weighted by molar-refractivity contribution is -0.137. The molecule has 1 aromatic carbocycles. The van der Waals surface area contributed by atoms with Gasteiger partial charge in [0.25, 0.3) is 11.5 Å². The fraction of sp³-hybridized carbons (Fsp3) is 0.235. The zero-order valence-corrected chi connectivity index (χ0v) is 14.0. The minimum Gasteiger partial charge on any atom is -0.479 e. The molecule has 0 saturated carbocycles. The van der Waals surface area contributed by atoms with Crippen LogP contribution < -0.4 is 20.5 Å². The van der Waals surface area contributed by atoms with Gasteiger partial charge in [-0.2, -0.15) is 13.2 Å². The Morgan fingerprint density at radius 2 is 2.00 bits per heavy atom. The molecular formula is C17H14F3N3O4. The molecule has 0 saturated heterocycles. The smallest absolute Gasteiger partial charge is 0.417 e. The first-order valence-electron chi connectivity index (χ1n) is 7.83. The summed E-state index contributed by atoms with van der Waals surface area (Å²) in [4.78, 5) is 39.4. The Bertz CT molecular complexity index is 955. The Kier molecular flexibility index (Phi) is 4.64. The number of amides is 2. The Hall–Kier alpha value is -3.30. The van der Waals surface area contributed by atoms with Crippen LogP contribution in [0.5, 0.6) is 5.75 Å². The standard InChI is InChI=1S/C17H14F3N3O4/c1-9-16(26)23(12-4-2-3-5-13(12)27-9)8-14(24)22-11-6-10(17(18,19)20)7-21-15(11)25/h2-7,9H,8H2,1H3,(H,21,25)(H,22,24)/t9-/m1/s1. The summed E-state index contributed by atoms with van der Waals surface area (Å²) < 4.78 is 43.7. The highest BCUT2D eigenvalue weighted by molar-refractivity contribution is 6.06. The lowest BCUT2D eigenvalue weighted by Gasteiger charge is -2.32. The molecule has 0 unspecified atom stereocenters. The molecule has 2 aromatic rings. The number of nitrogens with one attached hydrogen (secondary N) is 2. The number of nitrogens with zero attached hydrogens (tertiary/aromatic N) is 1. The first-order valence-corrected chi connectivity index (χ1v) is 7.83. The van der Waals surface area contributed by atoms with Gasteiger partial charge in [0.2, 0.25) is 5.91 Å². The second-order valence-corrected chi connectivity index (χ2v) is 5.83. The lowest BCUT2D eigenvalue weighted by atomic mass is 10.2. The van der Waals surface area contributed by atoms with E-state index in [4.69, 9.17) is 4.74 Å². The van der Waals surface area contributed by atoms with Gasteiger partial charge in [-0.05, 0) is 25.1 Å². The van der Waals surface area contributed by atoms with Gasteiger partial charge in [0.15, 0.2) is 6.10 Å². The van der Waals surface area contributed by atoms with Crippen LogP contribution in [0.1, 0.15) is 12.5 Å². The van der Waals surface area contributed by atoms with E-state index in [1.54, 1.807) is 24.3 Å². The number of para-hydroxylation sites is 2. The number of rotatable bonds is 3. The van der Waals surface area contributed by atoms with Gasteiger partial charge in [0, 0.05) is 6.20 Å². The molecule has 7 nitrogen and oxygen atoms in total. The number of pyridine rings is 1. The summed E-state index contributed by atoms with van der Waals surface area (Å²) in [5.74, 6) is -0.909. The quantitative estimate of drug-likeness (QED) is 0.852. The molecule has 27 heavy (non-hydrogen) atoms. The molecule has 10 heteroatoms. The summed E-state index contributed by atoms with van der Waals surface area (Å²) in [7, 11) is 0. The van der Waals surface area contributed by atoms with Crippen molar-refractivity contribution in [3.05, 3.63) is 52.4 Å². The molecule has 142 valence electrons. The number of carbonyl (C=O) groups is 2. The number of alkyl halides is 3. The molecule has 1 atom stereocenters. The van der Waals surface area contributed by atoms with E-state index in [0.717, 1.165) is 4.90 Å². The van der Waals surface area contributed by atoms with Crippen LogP contribution in [0, 0.1) is 0 Å². The lowest BCUT2D eigenvalue weighted by Crippen LogP contribution is -2.47. The number of aromatic nitrogens is 1. The topological polar surface area (TPSA) is 91.5 Å². The van der Waals surface area contributed by atoms with Crippen LogP contribution in [-0.2, 0) is 15.8 Å². The minimum atomic E-state index is -4.68. The zero-order chi connectivity index (χ0) is 19.8. The summed E-state index contributed by atoms with van der Waals surface area (Å²) in [6.07, 6.45) is -5.00. The van der Waals surface area contributed by atoms with Crippen LogP contribution >= 0.6 is 0 Å². The average Bonchev–Trinajstić information content (AvgIpc) is 2.60. The molecule has 0 radical (unpaired) electrons. The number of aromatic amines is 1. The molecule has 3 rings (SSSR count). The summed E-state index contributed by atoms with van der Waals surface area (Å²) in [6.45, 7) is 1.03. The number of halogens is 3. The highest BCUT2D eigenvalue weighted by Crippen LogP contribution is 2.33. The van der Waals surface area contributed by atoms with E-state index in [9.17, 15) is 27.6 Å². The molecule has 0 fully saturated rings. The average molecular weight is 381 g/mol. The highest BCUT2D eigenvalue weighted by Gasteiger charge is 2.33. The van der Waals surface area contributed by atoms with Crippen molar-refractivity contribution < 1.29 is 27.5 Å². The Morgan fingerprint density at radius 1 is 1.30 bits per heavy atom. The van der Waals surface area contributed by atoms with E-state index < -0.39 is 47.4 Å². The van der Waals surface area contributed by atoms with Crippen LogP contribution in [-0.4, -0.2) is 29.4 Å². The maximum Gasteiger partial charge on any atom is 0.417 e. The van der Waals surface area contributed by atoms with Crippen molar-refractivity contribution in [1.82, 2.24) is 4.98 Å². The van der Waals surface area contributed by atoms with E-state index in [1.165, 1.54) is 6.92 Å². The molecule has 1 aromatic heterocycles. The first-order chi connectivity index (χ1) is 12.7. The van der Waals surface area contributed by atoms with Gasteiger partial charge >= 0.3 is 6.18 Å². The molecule has 2 N–H and O–H groups in total.